The first-order valence-corrected chi connectivity index (χ1v) is 7.48. The van der Waals surface area contributed by atoms with E-state index in [1.165, 1.54) is 22.3 Å². The molecule has 2 aromatic rings. The molecule has 0 fully saturated rings. The van der Waals surface area contributed by atoms with Crippen LogP contribution >= 0.6 is 0 Å². The van der Waals surface area contributed by atoms with Crippen LogP contribution in [0.3, 0.4) is 0 Å². The van der Waals surface area contributed by atoms with E-state index in [1.807, 2.05) is 31.3 Å². The number of anilines is 1. The number of aryl methyl sites for hydroxylation is 2. The average molecular weight is 299 g/mol. The van der Waals surface area contributed by atoms with E-state index in [2.05, 4.69) is 42.3 Å². The van der Waals surface area contributed by atoms with Crippen LogP contribution in [0.25, 0.3) is 0 Å². The highest BCUT2D eigenvalue weighted by Crippen LogP contribution is 2.24. The van der Waals surface area contributed by atoms with Gasteiger partial charge in [0.2, 0.25) is 0 Å². The fourth-order valence-electron chi connectivity index (χ4n) is 2.60. The smallest absolute Gasteiger partial charge is 0.127 e. The summed E-state index contributed by atoms with van der Waals surface area (Å²) in [5, 5.41) is 3.46. The van der Waals surface area contributed by atoms with Crippen molar-refractivity contribution in [1.82, 2.24) is 10.3 Å². The van der Waals surface area contributed by atoms with E-state index < -0.39 is 0 Å². The number of hydrogen-bond acceptors (Lipinski definition) is 4. The molecule has 0 aliphatic rings. The Kier molecular flexibility index (Phi) is 5.39. The summed E-state index contributed by atoms with van der Waals surface area (Å²) in [6, 6.07) is 8.50. The van der Waals surface area contributed by atoms with Crippen molar-refractivity contribution in [2.45, 2.75) is 26.9 Å². The van der Waals surface area contributed by atoms with Gasteiger partial charge in [-0.1, -0.05) is 18.2 Å². The van der Waals surface area contributed by atoms with Crippen LogP contribution in [-0.4, -0.2) is 26.2 Å². The van der Waals surface area contributed by atoms with Gasteiger partial charge in [0.05, 0.1) is 7.11 Å². The quantitative estimate of drug-likeness (QED) is 0.889. The van der Waals surface area contributed by atoms with E-state index in [1.54, 1.807) is 7.11 Å². The van der Waals surface area contributed by atoms with E-state index in [9.17, 15) is 0 Å². The molecule has 1 N–H and O–H groups in total. The Labute approximate surface area is 133 Å². The first kappa shape index (κ1) is 16.3. The number of nitrogens with one attached hydrogen (secondary N) is 1. The number of benzene rings is 1. The van der Waals surface area contributed by atoms with Crippen LogP contribution in [0.4, 0.5) is 5.82 Å². The van der Waals surface area contributed by atoms with Gasteiger partial charge in [0.15, 0.2) is 0 Å². The van der Waals surface area contributed by atoms with E-state index in [0.29, 0.717) is 0 Å². The molecule has 0 spiro atoms. The summed E-state index contributed by atoms with van der Waals surface area (Å²) in [4.78, 5) is 6.42. The lowest BCUT2D eigenvalue weighted by atomic mass is 10.1. The number of hydrogen-bond donors (Lipinski definition) is 1. The molecule has 0 unspecified atom stereocenters. The molecule has 0 bridgehead atoms. The van der Waals surface area contributed by atoms with Crippen LogP contribution in [0.2, 0.25) is 0 Å². The molecule has 2 rings (SSSR count). The van der Waals surface area contributed by atoms with E-state index in [-0.39, 0.29) is 0 Å². The molecule has 4 nitrogen and oxygen atoms in total. The summed E-state index contributed by atoms with van der Waals surface area (Å²) in [6.07, 6.45) is 1.92. The highest BCUT2D eigenvalue weighted by molar-refractivity contribution is 5.43. The number of nitrogens with zero attached hydrogens (tertiary/aromatic N) is 2. The summed E-state index contributed by atoms with van der Waals surface area (Å²) in [5.41, 5.74) is 4.81. The number of aromatic nitrogens is 1. The second kappa shape index (κ2) is 7.27. The fourth-order valence-corrected chi connectivity index (χ4v) is 2.60. The number of ether oxygens (including phenoxy) is 1. The zero-order valence-corrected chi connectivity index (χ0v) is 14.1. The Morgan fingerprint density at radius 1 is 1.05 bits per heavy atom. The second-order valence-corrected chi connectivity index (χ2v) is 5.79. The zero-order chi connectivity index (χ0) is 16.1. The van der Waals surface area contributed by atoms with Gasteiger partial charge in [0.25, 0.3) is 0 Å². The molecule has 118 valence electrons. The maximum absolute atomic E-state index is 5.40. The molecule has 0 atom stereocenters. The van der Waals surface area contributed by atoms with Gasteiger partial charge < -0.3 is 15.0 Å². The molecule has 0 saturated heterocycles. The van der Waals surface area contributed by atoms with E-state index in [4.69, 9.17) is 4.74 Å². The third kappa shape index (κ3) is 3.98. The predicted molar refractivity (Wildman–Crippen MR) is 91.6 cm³/mol. The lowest BCUT2D eigenvalue weighted by Gasteiger charge is -2.13. The molecule has 0 aliphatic heterocycles. The predicted octanol–water partition coefficient (Wildman–Crippen LogP) is 3.06. The minimum Gasteiger partial charge on any atom is -0.496 e. The van der Waals surface area contributed by atoms with Crippen molar-refractivity contribution < 1.29 is 4.74 Å². The standard InChI is InChI=1S/C18H25N3O/c1-13-8-16(9-14(2)18(13)22-5)11-19-10-15-6-7-17(20-12-15)21(3)4/h6-9,12,19H,10-11H2,1-5H3. The highest BCUT2D eigenvalue weighted by atomic mass is 16.5. The molecule has 0 saturated carbocycles. The second-order valence-electron chi connectivity index (χ2n) is 5.79. The maximum Gasteiger partial charge on any atom is 0.127 e. The summed E-state index contributed by atoms with van der Waals surface area (Å²) < 4.78 is 5.40. The molecule has 1 heterocycles. The summed E-state index contributed by atoms with van der Waals surface area (Å²) in [6.45, 7) is 5.81. The monoisotopic (exact) mass is 299 g/mol. The summed E-state index contributed by atoms with van der Waals surface area (Å²) in [7, 11) is 5.71. The van der Waals surface area contributed by atoms with Gasteiger partial charge in [-0.15, -0.1) is 0 Å². The number of rotatable bonds is 6. The summed E-state index contributed by atoms with van der Waals surface area (Å²) >= 11 is 0. The Hall–Kier alpha value is -2.07. The lowest BCUT2D eigenvalue weighted by Crippen LogP contribution is -2.14. The average Bonchev–Trinajstić information content (AvgIpc) is 2.47. The van der Waals surface area contributed by atoms with Crippen molar-refractivity contribution in [3.8, 4) is 5.75 Å². The van der Waals surface area contributed by atoms with Crippen molar-refractivity contribution in [3.63, 3.8) is 0 Å². The van der Waals surface area contributed by atoms with Gasteiger partial charge in [-0.2, -0.15) is 0 Å². The SMILES string of the molecule is COc1c(C)cc(CNCc2ccc(N(C)C)nc2)cc1C. The van der Waals surface area contributed by atoms with Crippen molar-refractivity contribution in [3.05, 3.63) is 52.7 Å². The molecule has 0 aliphatic carbocycles. The Morgan fingerprint density at radius 3 is 2.18 bits per heavy atom. The Morgan fingerprint density at radius 2 is 1.68 bits per heavy atom. The van der Waals surface area contributed by atoms with Crippen LogP contribution in [0.1, 0.15) is 22.3 Å². The lowest BCUT2D eigenvalue weighted by molar-refractivity contribution is 0.408. The first-order valence-electron chi connectivity index (χ1n) is 7.48. The molecular weight excluding hydrogens is 274 g/mol. The van der Waals surface area contributed by atoms with Gasteiger partial charge >= 0.3 is 0 Å². The largest absolute Gasteiger partial charge is 0.496 e. The number of pyridine rings is 1. The number of methoxy groups -OCH3 is 1. The van der Waals surface area contributed by atoms with Crippen molar-refractivity contribution in [2.75, 3.05) is 26.1 Å². The zero-order valence-electron chi connectivity index (χ0n) is 14.1. The maximum atomic E-state index is 5.40. The van der Waals surface area contributed by atoms with Crippen LogP contribution in [0.15, 0.2) is 30.5 Å². The van der Waals surface area contributed by atoms with Gasteiger partial charge in [-0.05, 0) is 42.2 Å². The molecule has 1 aromatic carbocycles. The minimum absolute atomic E-state index is 0.810. The highest BCUT2D eigenvalue weighted by Gasteiger charge is 2.05. The summed E-state index contributed by atoms with van der Waals surface area (Å²) in [5.74, 6) is 1.96. The molecule has 22 heavy (non-hydrogen) atoms. The molecule has 1 aromatic heterocycles. The topological polar surface area (TPSA) is 37.4 Å². The van der Waals surface area contributed by atoms with E-state index in [0.717, 1.165) is 24.7 Å². The Balaban J connectivity index is 1.93. The van der Waals surface area contributed by atoms with E-state index >= 15 is 0 Å². The molecule has 0 radical (unpaired) electrons. The Bertz CT molecular complexity index is 598. The van der Waals surface area contributed by atoms with Crippen LogP contribution < -0.4 is 15.0 Å². The van der Waals surface area contributed by atoms with Crippen LogP contribution in [0.5, 0.6) is 5.75 Å². The third-order valence-corrected chi connectivity index (χ3v) is 3.65. The normalized spacial score (nSPS) is 10.6. The first-order chi connectivity index (χ1) is 10.5. The molecule has 0 amide bonds. The third-order valence-electron chi connectivity index (χ3n) is 3.65. The molecule has 4 heteroatoms. The van der Waals surface area contributed by atoms with Gasteiger partial charge in [-0.3, -0.25) is 0 Å². The van der Waals surface area contributed by atoms with Gasteiger partial charge in [-0.25, -0.2) is 4.98 Å². The van der Waals surface area contributed by atoms with Crippen molar-refractivity contribution in [2.24, 2.45) is 0 Å². The van der Waals surface area contributed by atoms with Crippen LogP contribution in [-0.2, 0) is 13.1 Å². The fraction of sp³-hybridized carbons (Fsp3) is 0.389. The van der Waals surface area contributed by atoms with Crippen molar-refractivity contribution in [1.29, 1.82) is 0 Å². The van der Waals surface area contributed by atoms with Crippen molar-refractivity contribution >= 4 is 5.82 Å². The molecular formula is C18H25N3O. The van der Waals surface area contributed by atoms with Crippen LogP contribution in [0, 0.1) is 13.8 Å². The van der Waals surface area contributed by atoms with Gasteiger partial charge in [0.1, 0.15) is 11.6 Å². The van der Waals surface area contributed by atoms with Gasteiger partial charge in [0, 0.05) is 33.4 Å². The minimum atomic E-state index is 0.810.